The van der Waals surface area contributed by atoms with Crippen molar-refractivity contribution in [3.63, 3.8) is 0 Å². The fraction of sp³-hybridized carbons (Fsp3) is 0.385. The Morgan fingerprint density at radius 3 is 2.33 bits per heavy atom. The highest BCUT2D eigenvalue weighted by Crippen LogP contribution is 2.42. The van der Waals surface area contributed by atoms with Crippen molar-refractivity contribution in [2.45, 2.75) is 19.1 Å². The highest BCUT2D eigenvalue weighted by atomic mass is 79.9. The summed E-state index contributed by atoms with van der Waals surface area (Å²) >= 11 is 3.24. The number of hydrogen-bond donors (Lipinski definition) is 0. The molecule has 0 spiro atoms. The number of Topliss-reactive ketones (excluding diaryl/α,β-unsaturated/α-hetero) is 1. The predicted octanol–water partition coefficient (Wildman–Crippen LogP) is 2.30. The number of halogens is 1. The van der Waals surface area contributed by atoms with E-state index in [1.807, 2.05) is 0 Å². The first-order chi connectivity index (χ1) is 8.49. The highest BCUT2D eigenvalue weighted by molar-refractivity contribution is 9.11. The molecule has 0 saturated heterocycles. The fourth-order valence-corrected chi connectivity index (χ4v) is 2.93. The summed E-state index contributed by atoms with van der Waals surface area (Å²) in [4.78, 5) is 23.2. The molecule has 5 heteroatoms. The molecule has 0 amide bonds. The van der Waals surface area contributed by atoms with Gasteiger partial charge < -0.3 is 9.47 Å². The van der Waals surface area contributed by atoms with E-state index in [1.54, 1.807) is 13.0 Å². The Hall–Kier alpha value is -1.04. The molecule has 1 rings (SSSR count). The number of ketones is 1. The van der Waals surface area contributed by atoms with Crippen LogP contribution in [0.15, 0.2) is 33.9 Å². The molecule has 4 nitrogen and oxygen atoms in total. The summed E-state index contributed by atoms with van der Waals surface area (Å²) in [6.07, 6.45) is 2.47. The summed E-state index contributed by atoms with van der Waals surface area (Å²) in [5.41, 5.74) is 1.11. The molecule has 0 aromatic carbocycles. The molecule has 0 fully saturated rings. The minimum Gasteiger partial charge on any atom is -0.345 e. The summed E-state index contributed by atoms with van der Waals surface area (Å²) in [5.74, 6) is -1.54. The zero-order valence-electron chi connectivity index (χ0n) is 10.6. The third kappa shape index (κ3) is 2.02. The number of hydrogen-bond acceptors (Lipinski definition) is 4. The van der Waals surface area contributed by atoms with E-state index >= 15 is 0 Å². The molecule has 18 heavy (non-hydrogen) atoms. The zero-order chi connectivity index (χ0) is 13.9. The second kappa shape index (κ2) is 5.73. The van der Waals surface area contributed by atoms with Gasteiger partial charge in [0.2, 0.25) is 5.79 Å². The molecule has 0 unspecified atom stereocenters. The van der Waals surface area contributed by atoms with Crippen LogP contribution in [-0.2, 0) is 19.1 Å². The fourth-order valence-electron chi connectivity index (χ4n) is 2.04. The van der Waals surface area contributed by atoms with Crippen LogP contribution < -0.4 is 0 Å². The maximum absolute atomic E-state index is 12.2. The number of methoxy groups -OCH3 is 2. The average Bonchev–Trinajstić information content (AvgIpc) is 2.37. The van der Waals surface area contributed by atoms with Crippen LogP contribution in [0.25, 0.3) is 0 Å². The van der Waals surface area contributed by atoms with Crippen LogP contribution in [0.4, 0.5) is 0 Å². The summed E-state index contributed by atoms with van der Waals surface area (Å²) in [6, 6.07) is 0. The number of allylic oxidation sites excluding steroid dienone is 3. The van der Waals surface area contributed by atoms with Crippen molar-refractivity contribution in [2.75, 3.05) is 14.2 Å². The van der Waals surface area contributed by atoms with E-state index in [0.717, 1.165) is 0 Å². The van der Waals surface area contributed by atoms with E-state index in [2.05, 4.69) is 22.5 Å². The lowest BCUT2D eigenvalue weighted by atomic mass is 9.85. The summed E-state index contributed by atoms with van der Waals surface area (Å²) in [6.45, 7) is 5.35. The number of ether oxygens (including phenoxy) is 2. The number of aldehydes is 1. The van der Waals surface area contributed by atoms with Gasteiger partial charge in [-0.15, -0.1) is 6.58 Å². The highest BCUT2D eigenvalue weighted by Gasteiger charge is 2.45. The molecule has 1 aliphatic carbocycles. The molecular formula is C13H15BrO4. The topological polar surface area (TPSA) is 52.6 Å². The number of carbonyl (C=O) groups is 2. The summed E-state index contributed by atoms with van der Waals surface area (Å²) in [7, 11) is 2.91. The normalized spacial score (nSPS) is 19.2. The van der Waals surface area contributed by atoms with Gasteiger partial charge in [0.25, 0.3) is 0 Å². The van der Waals surface area contributed by atoms with Gasteiger partial charge >= 0.3 is 0 Å². The predicted molar refractivity (Wildman–Crippen MR) is 71.3 cm³/mol. The Kier molecular flexibility index (Phi) is 4.78. The van der Waals surface area contributed by atoms with Crippen molar-refractivity contribution < 1.29 is 19.1 Å². The van der Waals surface area contributed by atoms with Crippen molar-refractivity contribution in [1.29, 1.82) is 0 Å². The van der Waals surface area contributed by atoms with Gasteiger partial charge in [-0.2, -0.15) is 0 Å². The molecule has 0 saturated carbocycles. The van der Waals surface area contributed by atoms with E-state index in [1.165, 1.54) is 14.2 Å². The lowest BCUT2D eigenvalue weighted by Crippen LogP contribution is -2.41. The minimum atomic E-state index is -1.22. The summed E-state index contributed by atoms with van der Waals surface area (Å²) < 4.78 is 11.1. The Morgan fingerprint density at radius 2 is 1.94 bits per heavy atom. The molecule has 0 radical (unpaired) electrons. The van der Waals surface area contributed by atoms with Gasteiger partial charge in [-0.1, -0.05) is 6.08 Å². The lowest BCUT2D eigenvalue weighted by Gasteiger charge is -2.36. The first kappa shape index (κ1) is 15.0. The third-order valence-corrected chi connectivity index (χ3v) is 3.98. The largest absolute Gasteiger partial charge is 0.345 e. The van der Waals surface area contributed by atoms with Crippen molar-refractivity contribution in [3.8, 4) is 0 Å². The van der Waals surface area contributed by atoms with Crippen LogP contribution in [0, 0.1) is 0 Å². The Balaban J connectivity index is 3.56. The lowest BCUT2D eigenvalue weighted by molar-refractivity contribution is -0.148. The van der Waals surface area contributed by atoms with Crippen molar-refractivity contribution in [2.24, 2.45) is 0 Å². The van der Waals surface area contributed by atoms with Gasteiger partial charge in [-0.25, -0.2) is 0 Å². The maximum atomic E-state index is 12.2. The van der Waals surface area contributed by atoms with Crippen molar-refractivity contribution in [3.05, 3.63) is 33.9 Å². The van der Waals surface area contributed by atoms with Gasteiger partial charge in [-0.3, -0.25) is 9.59 Å². The molecule has 0 aromatic heterocycles. The quantitative estimate of drug-likeness (QED) is 0.338. The zero-order valence-corrected chi connectivity index (χ0v) is 12.2. The van der Waals surface area contributed by atoms with E-state index in [4.69, 9.17) is 9.47 Å². The third-order valence-electron chi connectivity index (χ3n) is 3.03. The van der Waals surface area contributed by atoms with Gasteiger partial charge in [0.1, 0.15) is 0 Å². The van der Waals surface area contributed by atoms with Crippen LogP contribution in [0.3, 0.4) is 0 Å². The van der Waals surface area contributed by atoms with E-state index in [-0.39, 0.29) is 11.4 Å². The van der Waals surface area contributed by atoms with E-state index in [9.17, 15) is 9.59 Å². The van der Waals surface area contributed by atoms with Crippen LogP contribution in [0.5, 0.6) is 0 Å². The molecule has 0 N–H and O–H groups in total. The van der Waals surface area contributed by atoms with E-state index < -0.39 is 5.79 Å². The molecule has 0 heterocycles. The van der Waals surface area contributed by atoms with Crippen LogP contribution in [0.2, 0.25) is 0 Å². The first-order valence-electron chi connectivity index (χ1n) is 5.31. The number of rotatable bonds is 5. The molecule has 0 bridgehead atoms. The van der Waals surface area contributed by atoms with Gasteiger partial charge in [0.15, 0.2) is 12.1 Å². The molecule has 0 atom stereocenters. The SMILES string of the molecule is C=CCC1=C(C)C(OC)(OC)C(Br)=C(C=O)C1=O. The van der Waals surface area contributed by atoms with Crippen molar-refractivity contribution in [1.82, 2.24) is 0 Å². The molecule has 0 aromatic rings. The number of carbonyl (C=O) groups excluding carboxylic acids is 2. The average molecular weight is 315 g/mol. The Morgan fingerprint density at radius 1 is 1.39 bits per heavy atom. The van der Waals surface area contributed by atoms with Crippen LogP contribution in [0.1, 0.15) is 13.3 Å². The standard InChI is InChI=1S/C13H15BrO4/c1-5-6-9-8(2)13(17-3,18-4)12(14)10(7-15)11(9)16/h5,7H,1,6H2,2-4H3. The molecule has 98 valence electrons. The van der Waals surface area contributed by atoms with Gasteiger partial charge in [0, 0.05) is 19.8 Å². The molecule has 0 aliphatic heterocycles. The maximum Gasteiger partial charge on any atom is 0.225 e. The van der Waals surface area contributed by atoms with Gasteiger partial charge in [-0.05, 0) is 34.8 Å². The van der Waals surface area contributed by atoms with Crippen LogP contribution in [-0.4, -0.2) is 32.1 Å². The monoisotopic (exact) mass is 314 g/mol. The smallest absolute Gasteiger partial charge is 0.225 e. The molecular weight excluding hydrogens is 300 g/mol. The second-order valence-corrected chi connectivity index (χ2v) is 4.59. The Labute approximate surface area is 114 Å². The van der Waals surface area contributed by atoms with Crippen LogP contribution >= 0.6 is 15.9 Å². The minimum absolute atomic E-state index is 0.0150. The summed E-state index contributed by atoms with van der Waals surface area (Å²) in [5, 5.41) is 0. The molecule has 1 aliphatic rings. The van der Waals surface area contributed by atoms with Crippen molar-refractivity contribution >= 4 is 28.0 Å². The van der Waals surface area contributed by atoms with E-state index in [0.29, 0.717) is 28.3 Å². The van der Waals surface area contributed by atoms with Gasteiger partial charge in [0.05, 0.1) is 10.1 Å². The first-order valence-corrected chi connectivity index (χ1v) is 6.11. The second-order valence-electron chi connectivity index (χ2n) is 3.80. The Bertz CT molecular complexity index is 456.